The summed E-state index contributed by atoms with van der Waals surface area (Å²) in [6.45, 7) is 10.6. The number of benzene rings is 1. The minimum Gasteiger partial charge on any atom is -0.124 e. The lowest BCUT2D eigenvalue weighted by molar-refractivity contribution is 1.20. The Morgan fingerprint density at radius 1 is 1.17 bits per heavy atom. The molecule has 0 aliphatic heterocycles. The van der Waals surface area contributed by atoms with Crippen molar-refractivity contribution in [3.8, 4) is 0 Å². The Kier molecular flexibility index (Phi) is 6.61. The van der Waals surface area contributed by atoms with E-state index in [1.54, 1.807) is 0 Å². The lowest BCUT2D eigenvalue weighted by Gasteiger charge is -2.06. The zero-order chi connectivity index (χ0) is 17.4. The van der Waals surface area contributed by atoms with Gasteiger partial charge in [0.05, 0.1) is 0 Å². The highest BCUT2D eigenvalue weighted by molar-refractivity contribution is 5.78. The van der Waals surface area contributed by atoms with Crippen molar-refractivity contribution in [3.63, 3.8) is 0 Å². The summed E-state index contributed by atoms with van der Waals surface area (Å²) in [5, 5.41) is 0. The standard InChI is InChI=1S/C24H26/c1-5-8-19(2)11-13-21(4)22-15-17-24(18-16-22)23-10-7-6-9-20(3)12-14-23/h6,8,10-18H,4-5,9H2,1-3H3/b13-11-,19-8-,20-12-,23-14+. The smallest absolute Gasteiger partial charge is 0.00622 e. The molecule has 0 radical (unpaired) electrons. The van der Waals surface area contributed by atoms with E-state index >= 15 is 0 Å². The first-order valence-electron chi connectivity index (χ1n) is 8.53. The minimum absolute atomic E-state index is 0.970. The maximum atomic E-state index is 4.17. The summed E-state index contributed by atoms with van der Waals surface area (Å²) in [6, 6.07) is 8.57. The monoisotopic (exact) mass is 314 g/mol. The summed E-state index contributed by atoms with van der Waals surface area (Å²) in [7, 11) is 0. The van der Waals surface area contributed by atoms with Crippen molar-refractivity contribution in [2.24, 2.45) is 0 Å². The molecule has 0 saturated carbocycles. The van der Waals surface area contributed by atoms with E-state index in [1.807, 2.05) is 6.08 Å². The van der Waals surface area contributed by atoms with E-state index in [4.69, 9.17) is 0 Å². The largest absolute Gasteiger partial charge is 0.124 e. The minimum atomic E-state index is 0.970. The third-order valence-electron chi connectivity index (χ3n) is 3.99. The summed E-state index contributed by atoms with van der Waals surface area (Å²) in [6.07, 6.45) is 16.9. The van der Waals surface area contributed by atoms with Crippen molar-refractivity contribution in [3.05, 3.63) is 101 Å². The van der Waals surface area contributed by atoms with E-state index in [-0.39, 0.29) is 0 Å². The van der Waals surface area contributed by atoms with Crippen molar-refractivity contribution < 1.29 is 0 Å². The third kappa shape index (κ3) is 5.26. The highest BCUT2D eigenvalue weighted by Crippen LogP contribution is 2.22. The molecule has 0 fully saturated rings. The van der Waals surface area contributed by atoms with Crippen LogP contribution >= 0.6 is 0 Å². The zero-order valence-electron chi connectivity index (χ0n) is 15.0. The molecular formula is C24H26. The van der Waals surface area contributed by atoms with E-state index in [1.165, 1.54) is 22.3 Å². The molecule has 0 atom stereocenters. The van der Waals surface area contributed by atoms with E-state index < -0.39 is 0 Å². The van der Waals surface area contributed by atoms with Crippen LogP contribution in [0.3, 0.4) is 0 Å². The van der Waals surface area contributed by atoms with Gasteiger partial charge in [0.25, 0.3) is 0 Å². The Bertz CT molecular complexity index is 768. The van der Waals surface area contributed by atoms with Gasteiger partial charge in [0, 0.05) is 0 Å². The predicted molar refractivity (Wildman–Crippen MR) is 108 cm³/mol. The highest BCUT2D eigenvalue weighted by Gasteiger charge is 2.01. The molecule has 0 saturated heterocycles. The summed E-state index contributed by atoms with van der Waals surface area (Å²) in [5.74, 6) is 0. The van der Waals surface area contributed by atoms with Crippen molar-refractivity contribution in [1.82, 2.24) is 0 Å². The van der Waals surface area contributed by atoms with Crippen LogP contribution in [0.5, 0.6) is 0 Å². The number of hydrogen-bond acceptors (Lipinski definition) is 0. The Labute approximate surface area is 146 Å². The van der Waals surface area contributed by atoms with Crippen LogP contribution in [0.15, 0.2) is 90.3 Å². The molecule has 0 nitrogen and oxygen atoms in total. The zero-order valence-corrected chi connectivity index (χ0v) is 15.0. The quantitative estimate of drug-likeness (QED) is 0.403. The molecule has 0 spiro atoms. The van der Waals surface area contributed by atoms with Crippen LogP contribution in [0.1, 0.15) is 44.7 Å². The first kappa shape index (κ1) is 17.8. The van der Waals surface area contributed by atoms with Gasteiger partial charge in [-0.1, -0.05) is 79.3 Å². The van der Waals surface area contributed by atoms with Gasteiger partial charge in [0.1, 0.15) is 0 Å². The number of allylic oxidation sites excluding steroid dienone is 10. The van der Waals surface area contributed by atoms with Gasteiger partial charge in [0.2, 0.25) is 0 Å². The van der Waals surface area contributed by atoms with Gasteiger partial charge < -0.3 is 0 Å². The van der Waals surface area contributed by atoms with Gasteiger partial charge in [-0.25, -0.2) is 0 Å². The van der Waals surface area contributed by atoms with Crippen LogP contribution in [0, 0.1) is 0 Å². The molecule has 0 aromatic heterocycles. The van der Waals surface area contributed by atoms with Crippen LogP contribution in [-0.4, -0.2) is 0 Å². The van der Waals surface area contributed by atoms with Gasteiger partial charge >= 0.3 is 0 Å². The van der Waals surface area contributed by atoms with Crippen molar-refractivity contribution in [2.45, 2.75) is 33.6 Å². The van der Waals surface area contributed by atoms with Crippen LogP contribution in [-0.2, 0) is 0 Å². The van der Waals surface area contributed by atoms with Crippen molar-refractivity contribution >= 4 is 11.1 Å². The van der Waals surface area contributed by atoms with Crippen molar-refractivity contribution in [1.29, 1.82) is 0 Å². The van der Waals surface area contributed by atoms with Gasteiger partial charge in [-0.2, -0.15) is 0 Å². The van der Waals surface area contributed by atoms with E-state index in [0.717, 1.165) is 24.0 Å². The first-order valence-corrected chi connectivity index (χ1v) is 8.53. The normalized spacial score (nSPS) is 19.4. The van der Waals surface area contributed by atoms with Crippen LogP contribution < -0.4 is 0 Å². The lowest BCUT2D eigenvalue weighted by Crippen LogP contribution is -1.85. The average molecular weight is 314 g/mol. The fourth-order valence-electron chi connectivity index (χ4n) is 2.49. The molecule has 1 aliphatic carbocycles. The van der Waals surface area contributed by atoms with Gasteiger partial charge in [0.15, 0.2) is 0 Å². The molecule has 1 aliphatic rings. The van der Waals surface area contributed by atoms with Crippen LogP contribution in [0.25, 0.3) is 11.1 Å². The maximum Gasteiger partial charge on any atom is -0.00622 e. The summed E-state index contributed by atoms with van der Waals surface area (Å²) >= 11 is 0. The van der Waals surface area contributed by atoms with Crippen LogP contribution in [0.2, 0.25) is 0 Å². The van der Waals surface area contributed by atoms with E-state index in [0.29, 0.717) is 0 Å². The van der Waals surface area contributed by atoms with Gasteiger partial charge in [-0.15, -0.1) is 5.73 Å². The second kappa shape index (κ2) is 8.91. The molecular weight excluding hydrogens is 288 g/mol. The summed E-state index contributed by atoms with van der Waals surface area (Å²) in [4.78, 5) is 0. The molecule has 1 aromatic rings. The summed E-state index contributed by atoms with van der Waals surface area (Å²) in [5.41, 5.74) is 10.4. The molecule has 0 amide bonds. The Balaban J connectivity index is 2.17. The second-order valence-electron chi connectivity index (χ2n) is 6.15. The molecule has 0 heteroatoms. The van der Waals surface area contributed by atoms with E-state index in [9.17, 15) is 0 Å². The number of rotatable bonds is 5. The topological polar surface area (TPSA) is 0 Å². The molecule has 0 bridgehead atoms. The summed E-state index contributed by atoms with van der Waals surface area (Å²) < 4.78 is 0. The van der Waals surface area contributed by atoms with E-state index in [2.05, 4.69) is 93.8 Å². The first-order chi connectivity index (χ1) is 11.6. The van der Waals surface area contributed by atoms with Gasteiger partial charge in [-0.3, -0.25) is 0 Å². The molecule has 0 unspecified atom stereocenters. The average Bonchev–Trinajstić information content (AvgIpc) is 2.57. The van der Waals surface area contributed by atoms with Crippen molar-refractivity contribution in [2.75, 3.05) is 0 Å². The molecule has 1 aromatic carbocycles. The Morgan fingerprint density at radius 3 is 2.62 bits per heavy atom. The molecule has 24 heavy (non-hydrogen) atoms. The lowest BCUT2D eigenvalue weighted by atomic mass is 9.99. The number of hydrogen-bond donors (Lipinski definition) is 0. The van der Waals surface area contributed by atoms with Crippen LogP contribution in [0.4, 0.5) is 0 Å². The SMILES string of the molecule is C=C(/C=C\C(C)=C/CC)c1ccc(/C2=C/C=C(/C)CC=C=C2)cc1. The molecule has 0 N–H and O–H groups in total. The molecule has 2 rings (SSSR count). The Morgan fingerprint density at radius 2 is 1.92 bits per heavy atom. The second-order valence-corrected chi connectivity index (χ2v) is 6.15. The molecule has 0 heterocycles. The Hall–Kier alpha value is -2.56. The van der Waals surface area contributed by atoms with Gasteiger partial charge in [-0.05, 0) is 61.1 Å². The maximum absolute atomic E-state index is 4.17. The predicted octanol–water partition coefficient (Wildman–Crippen LogP) is 7.06. The highest BCUT2D eigenvalue weighted by atomic mass is 14.1. The fraction of sp³-hybridized carbons (Fsp3) is 0.208. The third-order valence-corrected chi connectivity index (χ3v) is 3.99. The molecule has 122 valence electrons. The fourth-order valence-corrected chi connectivity index (χ4v) is 2.49.